The molecule has 150 valence electrons. The van der Waals surface area contributed by atoms with Crippen molar-refractivity contribution >= 4 is 29.9 Å². The molecule has 2 rings (SSSR count). The number of ether oxygens (including phenoxy) is 1. The first kappa shape index (κ1) is 23.2. The number of aromatic nitrogens is 1. The summed E-state index contributed by atoms with van der Waals surface area (Å²) in [6.45, 7) is 11.8. The smallest absolute Gasteiger partial charge is 0.216 e. The number of aliphatic imine (C=N–C) groups is 1. The number of nitrogens with one attached hydrogen (secondary N) is 2. The maximum Gasteiger partial charge on any atom is 0.216 e. The van der Waals surface area contributed by atoms with Crippen LogP contribution in [0.1, 0.15) is 52.2 Å². The summed E-state index contributed by atoms with van der Waals surface area (Å²) in [6.07, 6.45) is 3.46. The van der Waals surface area contributed by atoms with Gasteiger partial charge in [0.2, 0.25) is 5.89 Å². The lowest BCUT2D eigenvalue weighted by Gasteiger charge is -2.27. The number of nitrogens with zero attached hydrogens (tertiary/aromatic N) is 2. The van der Waals surface area contributed by atoms with Gasteiger partial charge in [-0.1, -0.05) is 20.8 Å². The van der Waals surface area contributed by atoms with E-state index in [1.54, 1.807) is 6.20 Å². The average molecular weight is 480 g/mol. The molecule has 0 radical (unpaired) electrons. The Labute approximate surface area is 173 Å². The Morgan fingerprint density at radius 1 is 1.38 bits per heavy atom. The van der Waals surface area contributed by atoms with Gasteiger partial charge >= 0.3 is 0 Å². The second-order valence-electron chi connectivity index (χ2n) is 7.69. The van der Waals surface area contributed by atoms with E-state index in [1.165, 1.54) is 0 Å². The normalized spacial score (nSPS) is 20.7. The zero-order valence-corrected chi connectivity index (χ0v) is 18.6. The fourth-order valence-electron chi connectivity index (χ4n) is 2.80. The lowest BCUT2D eigenvalue weighted by Crippen LogP contribution is -2.44. The van der Waals surface area contributed by atoms with Crippen molar-refractivity contribution in [2.45, 2.75) is 52.5 Å². The molecule has 7 nitrogen and oxygen atoms in total. The first-order chi connectivity index (χ1) is 11.9. The van der Waals surface area contributed by atoms with Gasteiger partial charge in [-0.15, -0.1) is 24.0 Å². The molecule has 0 bridgehead atoms. The Kier molecular flexibility index (Phi) is 9.32. The summed E-state index contributed by atoms with van der Waals surface area (Å²) < 4.78 is 11.3. The van der Waals surface area contributed by atoms with E-state index >= 15 is 0 Å². The van der Waals surface area contributed by atoms with Gasteiger partial charge in [0.15, 0.2) is 5.96 Å². The van der Waals surface area contributed by atoms with Crippen LogP contribution < -0.4 is 10.6 Å². The van der Waals surface area contributed by atoms with Crippen LogP contribution in [-0.2, 0) is 16.7 Å². The number of rotatable bonds is 7. The molecule has 1 saturated heterocycles. The number of hydrogen-bond donors (Lipinski definition) is 3. The van der Waals surface area contributed by atoms with Crippen LogP contribution in [0.2, 0.25) is 0 Å². The van der Waals surface area contributed by atoms with Gasteiger partial charge in [0.25, 0.3) is 0 Å². The molecule has 0 amide bonds. The highest BCUT2D eigenvalue weighted by atomic mass is 127. The van der Waals surface area contributed by atoms with Crippen LogP contribution in [0.15, 0.2) is 15.6 Å². The maximum atomic E-state index is 9.33. The number of oxazole rings is 1. The van der Waals surface area contributed by atoms with E-state index in [1.807, 2.05) is 6.92 Å². The third-order valence-electron chi connectivity index (χ3n) is 4.47. The van der Waals surface area contributed by atoms with E-state index < -0.39 is 0 Å². The van der Waals surface area contributed by atoms with Crippen LogP contribution in [-0.4, -0.2) is 49.0 Å². The highest BCUT2D eigenvalue weighted by molar-refractivity contribution is 14.0. The molecular weight excluding hydrogens is 447 g/mol. The van der Waals surface area contributed by atoms with Gasteiger partial charge in [0, 0.05) is 37.1 Å². The molecule has 1 aliphatic heterocycles. The molecule has 8 heteroatoms. The van der Waals surface area contributed by atoms with Crippen LogP contribution in [0.3, 0.4) is 0 Å². The zero-order chi connectivity index (χ0) is 18.3. The van der Waals surface area contributed by atoms with Crippen LogP contribution in [0.25, 0.3) is 0 Å². The van der Waals surface area contributed by atoms with Crippen molar-refractivity contribution in [3.8, 4) is 0 Å². The molecule has 1 aromatic rings. The highest BCUT2D eigenvalue weighted by Gasteiger charge is 2.34. The average Bonchev–Trinajstić information content (AvgIpc) is 3.20. The standard InChI is InChI=1S/C18H32N4O3.HI/c1-5-19-16(22-12-18(6-8-23)7-9-24-13-18)21-11-15-20-10-14(25-15)17(2,3)4;/h10,23H,5-9,11-13H2,1-4H3,(H2,19,21,22);1H. The van der Waals surface area contributed by atoms with Crippen molar-refractivity contribution in [1.82, 2.24) is 15.6 Å². The summed E-state index contributed by atoms with van der Waals surface area (Å²) in [7, 11) is 0. The van der Waals surface area contributed by atoms with Crippen molar-refractivity contribution in [3.63, 3.8) is 0 Å². The van der Waals surface area contributed by atoms with Crippen molar-refractivity contribution in [2.75, 3.05) is 32.9 Å². The number of guanidine groups is 1. The summed E-state index contributed by atoms with van der Waals surface area (Å²) in [5.74, 6) is 2.19. The zero-order valence-electron chi connectivity index (χ0n) is 16.3. The molecule has 1 fully saturated rings. The summed E-state index contributed by atoms with van der Waals surface area (Å²) in [5, 5.41) is 15.9. The van der Waals surface area contributed by atoms with E-state index in [0.717, 1.165) is 44.3 Å². The van der Waals surface area contributed by atoms with Gasteiger partial charge in [0.05, 0.1) is 12.8 Å². The quantitative estimate of drug-likeness (QED) is 0.316. The molecule has 0 saturated carbocycles. The van der Waals surface area contributed by atoms with Crippen molar-refractivity contribution in [2.24, 2.45) is 10.4 Å². The van der Waals surface area contributed by atoms with Crippen LogP contribution in [0, 0.1) is 5.41 Å². The third-order valence-corrected chi connectivity index (χ3v) is 4.47. The second kappa shape index (κ2) is 10.5. The summed E-state index contributed by atoms with van der Waals surface area (Å²) in [5.41, 5.74) is -0.0792. The highest BCUT2D eigenvalue weighted by Crippen LogP contribution is 2.31. The second-order valence-corrected chi connectivity index (χ2v) is 7.69. The largest absolute Gasteiger partial charge is 0.443 e. The van der Waals surface area contributed by atoms with E-state index in [2.05, 4.69) is 41.4 Å². The number of aliphatic hydroxyl groups excluding tert-OH is 1. The van der Waals surface area contributed by atoms with Gasteiger partial charge in [0.1, 0.15) is 12.3 Å². The van der Waals surface area contributed by atoms with Crippen LogP contribution in [0.5, 0.6) is 0 Å². The molecule has 26 heavy (non-hydrogen) atoms. The summed E-state index contributed by atoms with van der Waals surface area (Å²) in [4.78, 5) is 8.88. The molecule has 1 aromatic heterocycles. The molecule has 3 N–H and O–H groups in total. The van der Waals surface area contributed by atoms with Gasteiger partial charge in [-0.25, -0.2) is 9.98 Å². The fraction of sp³-hybridized carbons (Fsp3) is 0.778. The Balaban J connectivity index is 0.00000338. The first-order valence-corrected chi connectivity index (χ1v) is 9.04. The summed E-state index contributed by atoms with van der Waals surface area (Å²) >= 11 is 0. The van der Waals surface area contributed by atoms with Gasteiger partial charge in [-0.05, 0) is 19.8 Å². The Bertz CT molecular complexity index is 563. The predicted octanol–water partition coefficient (Wildman–Crippen LogP) is 2.43. The van der Waals surface area contributed by atoms with Gasteiger partial charge in [-0.3, -0.25) is 0 Å². The lowest BCUT2D eigenvalue weighted by atomic mass is 9.84. The first-order valence-electron chi connectivity index (χ1n) is 9.04. The minimum absolute atomic E-state index is 0. The third kappa shape index (κ3) is 6.70. The lowest BCUT2D eigenvalue weighted by molar-refractivity contribution is 0.127. The van der Waals surface area contributed by atoms with Crippen molar-refractivity contribution in [3.05, 3.63) is 17.8 Å². The monoisotopic (exact) mass is 480 g/mol. The van der Waals surface area contributed by atoms with Gasteiger partial charge in [-0.2, -0.15) is 0 Å². The van der Waals surface area contributed by atoms with Crippen LogP contribution in [0.4, 0.5) is 0 Å². The Hall–Kier alpha value is -0.870. The molecule has 1 aliphatic rings. The number of aliphatic hydroxyl groups is 1. The maximum absolute atomic E-state index is 9.33. The molecule has 0 aliphatic carbocycles. The van der Waals surface area contributed by atoms with Crippen LogP contribution >= 0.6 is 24.0 Å². The minimum Gasteiger partial charge on any atom is -0.443 e. The molecule has 1 atom stereocenters. The SMILES string of the molecule is CCNC(=NCc1ncc(C(C)(C)C)o1)NCC1(CCO)CCOC1.I. The fourth-order valence-corrected chi connectivity index (χ4v) is 2.80. The Morgan fingerprint density at radius 3 is 2.69 bits per heavy atom. The number of halogens is 1. The Morgan fingerprint density at radius 2 is 2.15 bits per heavy atom. The predicted molar refractivity (Wildman–Crippen MR) is 113 cm³/mol. The van der Waals surface area contributed by atoms with Crippen molar-refractivity contribution < 1.29 is 14.3 Å². The van der Waals surface area contributed by atoms with E-state index in [-0.39, 0.29) is 41.4 Å². The van der Waals surface area contributed by atoms with Gasteiger partial charge < -0.3 is 24.9 Å². The molecule has 1 unspecified atom stereocenters. The molecule has 0 spiro atoms. The van der Waals surface area contributed by atoms with E-state index in [0.29, 0.717) is 19.0 Å². The summed E-state index contributed by atoms with van der Waals surface area (Å²) in [6, 6.07) is 0. The molecule has 2 heterocycles. The van der Waals surface area contributed by atoms with E-state index in [4.69, 9.17) is 9.15 Å². The minimum atomic E-state index is -0.0587. The molecular formula is C18H33IN4O3. The molecule has 0 aromatic carbocycles. The van der Waals surface area contributed by atoms with Crippen molar-refractivity contribution in [1.29, 1.82) is 0 Å². The number of hydrogen-bond acceptors (Lipinski definition) is 5. The van der Waals surface area contributed by atoms with E-state index in [9.17, 15) is 5.11 Å². The topological polar surface area (TPSA) is 91.9 Å².